The average molecular weight is 263 g/mol. The van der Waals surface area contributed by atoms with Crippen molar-refractivity contribution in [1.82, 2.24) is 19.6 Å². The van der Waals surface area contributed by atoms with Crippen LogP contribution in [0.4, 0.5) is 5.82 Å². The third-order valence-electron chi connectivity index (χ3n) is 2.91. The number of aromatic nitrogens is 4. The molecule has 0 bridgehead atoms. The summed E-state index contributed by atoms with van der Waals surface area (Å²) < 4.78 is 6.60. The molecule has 1 N–H and O–H groups in total. The monoisotopic (exact) mass is 263 g/mol. The number of aryl methyl sites for hydroxylation is 1. The summed E-state index contributed by atoms with van der Waals surface area (Å²) in [6.45, 7) is 5.72. The molecular formula is C12H17N5O2. The number of rotatable bonds is 4. The summed E-state index contributed by atoms with van der Waals surface area (Å²) in [5, 5.41) is 11.1. The number of anilines is 1. The minimum Gasteiger partial charge on any atom is -0.467 e. The summed E-state index contributed by atoms with van der Waals surface area (Å²) >= 11 is 0. The van der Waals surface area contributed by atoms with E-state index in [2.05, 4.69) is 20.5 Å². The first-order valence-corrected chi connectivity index (χ1v) is 6.05. The van der Waals surface area contributed by atoms with E-state index in [0.717, 1.165) is 5.82 Å². The fourth-order valence-electron chi connectivity index (χ4n) is 1.82. The second-order valence-corrected chi connectivity index (χ2v) is 4.61. The number of hydrogen-bond donors (Lipinski definition) is 1. The largest absolute Gasteiger partial charge is 0.467 e. The van der Waals surface area contributed by atoms with Crippen LogP contribution in [-0.2, 0) is 9.53 Å². The maximum atomic E-state index is 11.7. The second kappa shape index (κ2) is 5.21. The number of carbonyl (C=O) groups excluding carboxylic acids is 1. The highest BCUT2D eigenvalue weighted by Gasteiger charge is 2.24. The Labute approximate surface area is 111 Å². The molecule has 7 nitrogen and oxygen atoms in total. The smallest absolute Gasteiger partial charge is 0.328 e. The lowest BCUT2D eigenvalue weighted by Crippen LogP contribution is -2.36. The minimum absolute atomic E-state index is 0.0681. The Morgan fingerprint density at radius 1 is 1.42 bits per heavy atom. The number of carbonyl (C=O) groups is 1. The van der Waals surface area contributed by atoms with Crippen molar-refractivity contribution in [3.63, 3.8) is 0 Å². The number of ether oxygens (including phenoxy) is 1. The van der Waals surface area contributed by atoms with Gasteiger partial charge in [-0.25, -0.2) is 9.78 Å². The molecule has 0 aliphatic heterocycles. The molecule has 0 saturated carbocycles. The Bertz CT molecular complexity index is 593. The summed E-state index contributed by atoms with van der Waals surface area (Å²) in [5.74, 6) is 1.03. The van der Waals surface area contributed by atoms with Gasteiger partial charge in [-0.3, -0.25) is 4.40 Å². The first-order chi connectivity index (χ1) is 9.04. The zero-order chi connectivity index (χ0) is 14.0. The summed E-state index contributed by atoms with van der Waals surface area (Å²) in [6, 6.07) is -0.472. The van der Waals surface area contributed by atoms with E-state index in [9.17, 15) is 4.79 Å². The molecule has 2 aromatic heterocycles. The normalized spacial score (nSPS) is 12.7. The molecule has 2 heterocycles. The molecule has 0 aliphatic rings. The van der Waals surface area contributed by atoms with Crippen molar-refractivity contribution in [1.29, 1.82) is 0 Å². The van der Waals surface area contributed by atoms with Crippen LogP contribution < -0.4 is 5.32 Å². The predicted molar refractivity (Wildman–Crippen MR) is 69.8 cm³/mol. The summed E-state index contributed by atoms with van der Waals surface area (Å²) in [7, 11) is 1.37. The first-order valence-electron chi connectivity index (χ1n) is 6.05. The Balaban J connectivity index is 2.36. The summed E-state index contributed by atoms with van der Waals surface area (Å²) in [5.41, 5.74) is 0.592. The molecule has 0 radical (unpaired) electrons. The van der Waals surface area contributed by atoms with Crippen molar-refractivity contribution in [3.05, 3.63) is 18.2 Å². The van der Waals surface area contributed by atoms with Crippen LogP contribution in [0.2, 0.25) is 0 Å². The van der Waals surface area contributed by atoms with Gasteiger partial charge in [0.1, 0.15) is 11.9 Å². The van der Waals surface area contributed by atoms with E-state index < -0.39 is 6.04 Å². The van der Waals surface area contributed by atoms with Gasteiger partial charge in [0.05, 0.1) is 7.11 Å². The van der Waals surface area contributed by atoms with Crippen LogP contribution in [0.25, 0.3) is 5.65 Å². The van der Waals surface area contributed by atoms with E-state index in [1.807, 2.05) is 25.2 Å². The highest BCUT2D eigenvalue weighted by atomic mass is 16.5. The zero-order valence-corrected chi connectivity index (χ0v) is 11.4. The topological polar surface area (TPSA) is 81.4 Å². The van der Waals surface area contributed by atoms with Crippen LogP contribution in [-0.4, -0.2) is 38.7 Å². The van der Waals surface area contributed by atoms with E-state index >= 15 is 0 Å². The SMILES string of the molecule is COC(=O)C(Nc1nccn2c(C)nnc12)C(C)C. The lowest BCUT2D eigenvalue weighted by Gasteiger charge is -2.20. The van der Waals surface area contributed by atoms with Gasteiger partial charge in [0.25, 0.3) is 0 Å². The van der Waals surface area contributed by atoms with Crippen molar-refractivity contribution in [3.8, 4) is 0 Å². The van der Waals surface area contributed by atoms with E-state index in [0.29, 0.717) is 11.5 Å². The lowest BCUT2D eigenvalue weighted by molar-refractivity contribution is -0.142. The number of methoxy groups -OCH3 is 1. The third-order valence-corrected chi connectivity index (χ3v) is 2.91. The van der Waals surface area contributed by atoms with Crippen LogP contribution in [0.3, 0.4) is 0 Å². The van der Waals surface area contributed by atoms with Gasteiger partial charge in [0.15, 0.2) is 5.82 Å². The number of nitrogens with one attached hydrogen (secondary N) is 1. The predicted octanol–water partition coefficient (Wildman–Crippen LogP) is 1.04. The molecule has 1 unspecified atom stereocenters. The highest BCUT2D eigenvalue weighted by molar-refractivity contribution is 5.80. The van der Waals surface area contributed by atoms with Gasteiger partial charge >= 0.3 is 5.97 Å². The van der Waals surface area contributed by atoms with Crippen LogP contribution in [0.15, 0.2) is 12.4 Å². The number of esters is 1. The quantitative estimate of drug-likeness (QED) is 0.830. The molecule has 0 saturated heterocycles. The molecule has 0 amide bonds. The maximum Gasteiger partial charge on any atom is 0.328 e. The third kappa shape index (κ3) is 2.49. The van der Waals surface area contributed by atoms with Crippen molar-refractivity contribution < 1.29 is 9.53 Å². The number of fused-ring (bicyclic) bond motifs is 1. The van der Waals surface area contributed by atoms with Gasteiger partial charge in [-0.1, -0.05) is 13.8 Å². The van der Waals surface area contributed by atoms with Crippen molar-refractivity contribution in [2.75, 3.05) is 12.4 Å². The van der Waals surface area contributed by atoms with E-state index in [1.54, 1.807) is 12.4 Å². The summed E-state index contributed by atoms with van der Waals surface area (Å²) in [6.07, 6.45) is 3.42. The fourth-order valence-corrected chi connectivity index (χ4v) is 1.82. The number of hydrogen-bond acceptors (Lipinski definition) is 6. The van der Waals surface area contributed by atoms with Gasteiger partial charge in [-0.2, -0.15) is 0 Å². The Morgan fingerprint density at radius 2 is 2.16 bits per heavy atom. The lowest BCUT2D eigenvalue weighted by atomic mass is 10.0. The molecule has 0 aliphatic carbocycles. The van der Waals surface area contributed by atoms with E-state index in [1.165, 1.54) is 7.11 Å². The van der Waals surface area contributed by atoms with E-state index in [-0.39, 0.29) is 11.9 Å². The van der Waals surface area contributed by atoms with Gasteiger partial charge in [-0.05, 0) is 12.8 Å². The molecule has 2 rings (SSSR count). The maximum absolute atomic E-state index is 11.7. The molecule has 102 valence electrons. The Kier molecular flexibility index (Phi) is 3.64. The van der Waals surface area contributed by atoms with Crippen LogP contribution in [0.5, 0.6) is 0 Å². The average Bonchev–Trinajstić information content (AvgIpc) is 2.77. The van der Waals surface area contributed by atoms with Gasteiger partial charge in [0.2, 0.25) is 5.65 Å². The van der Waals surface area contributed by atoms with Crippen LogP contribution in [0.1, 0.15) is 19.7 Å². The van der Waals surface area contributed by atoms with Gasteiger partial charge < -0.3 is 10.1 Å². The molecular weight excluding hydrogens is 246 g/mol. The standard InChI is InChI=1S/C12H17N5O2/c1-7(2)9(12(18)19-4)14-10-11-16-15-8(3)17(11)6-5-13-10/h5-7,9H,1-4H3,(H,13,14). The number of nitrogens with zero attached hydrogens (tertiary/aromatic N) is 4. The highest BCUT2D eigenvalue weighted by Crippen LogP contribution is 2.16. The molecule has 7 heteroatoms. The zero-order valence-electron chi connectivity index (χ0n) is 11.4. The second-order valence-electron chi connectivity index (χ2n) is 4.61. The first kappa shape index (κ1) is 13.3. The van der Waals surface area contributed by atoms with Crippen molar-refractivity contribution in [2.45, 2.75) is 26.8 Å². The fraction of sp³-hybridized carbons (Fsp3) is 0.500. The Morgan fingerprint density at radius 3 is 2.79 bits per heavy atom. The molecule has 2 aromatic rings. The molecule has 0 aromatic carbocycles. The van der Waals surface area contributed by atoms with Crippen molar-refractivity contribution >= 4 is 17.4 Å². The van der Waals surface area contributed by atoms with Gasteiger partial charge in [0, 0.05) is 12.4 Å². The Hall–Kier alpha value is -2.18. The molecule has 0 spiro atoms. The minimum atomic E-state index is -0.472. The molecule has 0 fully saturated rings. The molecule has 1 atom stereocenters. The molecule has 19 heavy (non-hydrogen) atoms. The van der Waals surface area contributed by atoms with Gasteiger partial charge in [-0.15, -0.1) is 10.2 Å². The van der Waals surface area contributed by atoms with Crippen LogP contribution in [0, 0.1) is 12.8 Å². The van der Waals surface area contributed by atoms with E-state index in [4.69, 9.17) is 4.74 Å². The van der Waals surface area contributed by atoms with Crippen LogP contribution >= 0.6 is 0 Å². The summed E-state index contributed by atoms with van der Waals surface area (Å²) in [4.78, 5) is 16.0. The van der Waals surface area contributed by atoms with Crippen molar-refractivity contribution in [2.24, 2.45) is 5.92 Å².